The number of halogens is 6. The van der Waals surface area contributed by atoms with Crippen LogP contribution in [0.3, 0.4) is 0 Å². The van der Waals surface area contributed by atoms with Gasteiger partial charge in [0.25, 0.3) is 0 Å². The summed E-state index contributed by atoms with van der Waals surface area (Å²) in [7, 11) is 0. The molecule has 0 aliphatic carbocycles. The lowest BCUT2D eigenvalue weighted by atomic mass is 10.1. The molecule has 0 N–H and O–H groups in total. The van der Waals surface area contributed by atoms with Gasteiger partial charge in [0.1, 0.15) is 0 Å². The molecule has 1 rings (SSSR count). The largest absolute Gasteiger partial charge is 0.159 e. The fourth-order valence-corrected chi connectivity index (χ4v) is 2.35. The Labute approximate surface area is 140 Å². The zero-order chi connectivity index (χ0) is 11.9. The van der Waals surface area contributed by atoms with Crippen molar-refractivity contribution in [2.45, 2.75) is 4.29 Å². The van der Waals surface area contributed by atoms with E-state index < -0.39 is 4.29 Å². The van der Waals surface area contributed by atoms with Crippen molar-refractivity contribution in [1.29, 1.82) is 0 Å². The van der Waals surface area contributed by atoms with Crippen LogP contribution in [-0.4, -0.2) is 0 Å². The lowest BCUT2D eigenvalue weighted by Gasteiger charge is -2.19. The molecular formula is C9H4Br6. The maximum Gasteiger partial charge on any atom is 0.159 e. The van der Waals surface area contributed by atoms with Crippen LogP contribution in [0, 0.1) is 6.92 Å². The summed E-state index contributed by atoms with van der Waals surface area (Å²) in [6.45, 7) is 5.83. The number of hydrogen-bond donors (Lipinski definition) is 0. The van der Waals surface area contributed by atoms with Gasteiger partial charge in [-0.05, 0) is 29.7 Å². The fraction of sp³-hybridized carbons (Fsp3) is 0.222. The van der Waals surface area contributed by atoms with Crippen molar-refractivity contribution in [3.8, 4) is 0 Å². The number of benzene rings is 1. The minimum absolute atomic E-state index is 0.463. The van der Waals surface area contributed by atoms with E-state index in [4.69, 9.17) is 6.92 Å². The van der Waals surface area contributed by atoms with E-state index in [0.717, 1.165) is 11.1 Å². The first-order valence-electron chi connectivity index (χ1n) is 3.65. The number of alkyl halides is 6. The second-order valence-corrected chi connectivity index (χ2v) is 16.4. The van der Waals surface area contributed by atoms with Gasteiger partial charge in [-0.2, -0.15) is 0 Å². The molecule has 0 spiro atoms. The Kier molecular flexibility index (Phi) is 5.45. The summed E-state index contributed by atoms with van der Waals surface area (Å²) in [4.78, 5) is 0. The lowest BCUT2D eigenvalue weighted by molar-refractivity contribution is 1.27. The average Bonchev–Trinajstić information content (AvgIpc) is 1.99. The Morgan fingerprint density at radius 3 is 1.33 bits per heavy atom. The average molecular weight is 592 g/mol. The first-order valence-corrected chi connectivity index (χ1v) is 8.41. The highest BCUT2D eigenvalue weighted by molar-refractivity contribution is 9.39. The summed E-state index contributed by atoms with van der Waals surface area (Å²) in [6, 6.07) is 5.74. The van der Waals surface area contributed by atoms with Crippen molar-refractivity contribution >= 4 is 95.6 Å². The van der Waals surface area contributed by atoms with Crippen LogP contribution >= 0.6 is 95.6 Å². The standard InChI is InChI=1S/C9H4Br6/c1-5-2-6(8(10,11)12)4-7(3-5)9(13,14)15/h1-4H. The van der Waals surface area contributed by atoms with Crippen LogP contribution in [0.15, 0.2) is 18.2 Å². The Morgan fingerprint density at radius 2 is 1.07 bits per heavy atom. The maximum absolute atomic E-state index is 5.83. The Morgan fingerprint density at radius 1 is 0.733 bits per heavy atom. The molecule has 1 aromatic carbocycles. The normalized spacial score (nSPS) is 13.0. The van der Waals surface area contributed by atoms with Gasteiger partial charge in [-0.15, -0.1) is 0 Å². The third kappa shape index (κ3) is 4.70. The zero-order valence-corrected chi connectivity index (χ0v) is 16.6. The van der Waals surface area contributed by atoms with Crippen molar-refractivity contribution < 1.29 is 0 Å². The van der Waals surface area contributed by atoms with E-state index in [-0.39, 0.29) is 0 Å². The molecule has 0 heterocycles. The monoisotopic (exact) mass is 586 g/mol. The van der Waals surface area contributed by atoms with E-state index in [9.17, 15) is 0 Å². The molecule has 15 heavy (non-hydrogen) atoms. The molecule has 0 saturated heterocycles. The second-order valence-electron chi connectivity index (χ2n) is 2.84. The van der Waals surface area contributed by atoms with E-state index in [0.29, 0.717) is 5.56 Å². The van der Waals surface area contributed by atoms with Crippen LogP contribution in [0.1, 0.15) is 16.7 Å². The minimum Gasteiger partial charge on any atom is -0.0546 e. The van der Waals surface area contributed by atoms with Gasteiger partial charge in [0.2, 0.25) is 0 Å². The summed E-state index contributed by atoms with van der Waals surface area (Å²) in [5.41, 5.74) is 2.63. The molecular weight excluding hydrogens is 588 g/mol. The topological polar surface area (TPSA) is 0 Å². The van der Waals surface area contributed by atoms with Crippen LogP contribution in [0.25, 0.3) is 0 Å². The first-order chi connectivity index (χ1) is 6.60. The van der Waals surface area contributed by atoms with Crippen molar-refractivity contribution in [1.82, 2.24) is 0 Å². The van der Waals surface area contributed by atoms with Gasteiger partial charge in [0.05, 0.1) is 0 Å². The quantitative estimate of drug-likeness (QED) is 0.309. The van der Waals surface area contributed by atoms with Gasteiger partial charge >= 0.3 is 0 Å². The van der Waals surface area contributed by atoms with Crippen molar-refractivity contribution in [2.24, 2.45) is 0 Å². The molecule has 0 aromatic heterocycles. The number of rotatable bonds is 0. The highest BCUT2D eigenvalue weighted by atomic mass is 80.0. The SMILES string of the molecule is [CH]c1cc(C(Br)(Br)Br)cc(C(Br)(Br)Br)c1. The summed E-state index contributed by atoms with van der Waals surface area (Å²) >= 11 is 20.7. The Bertz CT molecular complexity index is 328. The van der Waals surface area contributed by atoms with E-state index in [1.54, 1.807) is 0 Å². The Hall–Kier alpha value is 2.10. The van der Waals surface area contributed by atoms with Crippen LogP contribution < -0.4 is 0 Å². The van der Waals surface area contributed by atoms with Gasteiger partial charge in [-0.3, -0.25) is 0 Å². The van der Waals surface area contributed by atoms with Crippen LogP contribution in [0.4, 0.5) is 0 Å². The molecule has 0 atom stereocenters. The molecule has 2 radical (unpaired) electrons. The molecule has 0 nitrogen and oxygen atoms in total. The van der Waals surface area contributed by atoms with E-state index in [1.165, 1.54) is 0 Å². The summed E-state index contributed by atoms with van der Waals surface area (Å²) in [5.74, 6) is 0. The van der Waals surface area contributed by atoms with Gasteiger partial charge < -0.3 is 0 Å². The highest BCUT2D eigenvalue weighted by Crippen LogP contribution is 2.49. The third-order valence-corrected chi connectivity index (χ3v) is 4.36. The molecule has 0 amide bonds. The molecule has 6 heteroatoms. The molecule has 0 saturated carbocycles. The van der Waals surface area contributed by atoms with E-state index in [1.807, 2.05) is 18.2 Å². The van der Waals surface area contributed by atoms with Gasteiger partial charge in [0, 0.05) is 0 Å². The smallest absolute Gasteiger partial charge is 0.0546 e. The number of hydrogen-bond acceptors (Lipinski definition) is 0. The predicted molar refractivity (Wildman–Crippen MR) is 86.8 cm³/mol. The van der Waals surface area contributed by atoms with E-state index >= 15 is 0 Å². The minimum atomic E-state index is -0.463. The molecule has 0 aliphatic heterocycles. The molecule has 1 aromatic rings. The molecule has 0 fully saturated rings. The molecule has 82 valence electrons. The summed E-state index contributed by atoms with van der Waals surface area (Å²) < 4.78 is -0.926. The van der Waals surface area contributed by atoms with Crippen LogP contribution in [0.2, 0.25) is 0 Å². The molecule has 0 aliphatic rings. The zero-order valence-electron chi connectivity index (χ0n) is 7.08. The lowest BCUT2D eigenvalue weighted by Crippen LogP contribution is -2.04. The van der Waals surface area contributed by atoms with Gasteiger partial charge in [0.15, 0.2) is 4.29 Å². The Balaban J connectivity index is 3.30. The highest BCUT2D eigenvalue weighted by Gasteiger charge is 2.26. The summed E-state index contributed by atoms with van der Waals surface area (Å²) in [6.07, 6.45) is 0. The van der Waals surface area contributed by atoms with Gasteiger partial charge in [-0.25, -0.2) is 0 Å². The van der Waals surface area contributed by atoms with E-state index in [2.05, 4.69) is 95.6 Å². The van der Waals surface area contributed by atoms with Crippen LogP contribution in [-0.2, 0) is 4.29 Å². The third-order valence-electron chi connectivity index (χ3n) is 1.61. The van der Waals surface area contributed by atoms with Gasteiger partial charge in [-0.1, -0.05) is 108 Å². The predicted octanol–water partition coefficient (Wildman–Crippen LogP) is 6.34. The fourth-order valence-electron chi connectivity index (χ4n) is 0.979. The van der Waals surface area contributed by atoms with Crippen molar-refractivity contribution in [3.05, 3.63) is 41.8 Å². The molecule has 0 unspecified atom stereocenters. The van der Waals surface area contributed by atoms with Crippen LogP contribution in [0.5, 0.6) is 0 Å². The molecule has 0 bridgehead atoms. The maximum atomic E-state index is 5.83. The first kappa shape index (κ1) is 15.2. The van der Waals surface area contributed by atoms with Crippen molar-refractivity contribution in [3.63, 3.8) is 0 Å². The summed E-state index contributed by atoms with van der Waals surface area (Å²) in [5, 5.41) is 0. The second kappa shape index (κ2) is 5.39. The van der Waals surface area contributed by atoms with Crippen molar-refractivity contribution in [2.75, 3.05) is 0 Å².